The Morgan fingerprint density at radius 3 is 2.83 bits per heavy atom. The number of aryl methyl sites for hydroxylation is 1. The quantitative estimate of drug-likeness (QED) is 0.892. The molecular formula is C20H30N2O2. The van der Waals surface area contributed by atoms with Crippen LogP contribution in [-0.2, 0) is 16.0 Å². The van der Waals surface area contributed by atoms with Crippen LogP contribution in [0.4, 0.5) is 0 Å². The SMILES string of the molecule is Cc1ccccc1CC(C)NC(=O)C1(N)C2CCCOC2C1(C)C. The second-order valence-electron chi connectivity index (χ2n) is 8.14. The number of amides is 1. The second kappa shape index (κ2) is 6.16. The summed E-state index contributed by atoms with van der Waals surface area (Å²) in [6, 6.07) is 8.36. The second-order valence-corrected chi connectivity index (χ2v) is 8.14. The normalized spacial score (nSPS) is 32.4. The van der Waals surface area contributed by atoms with Crippen molar-refractivity contribution in [2.45, 2.75) is 64.6 Å². The highest BCUT2D eigenvalue weighted by Crippen LogP contribution is 2.57. The lowest BCUT2D eigenvalue weighted by molar-refractivity contribution is -0.225. The van der Waals surface area contributed by atoms with E-state index in [-0.39, 0.29) is 29.4 Å². The van der Waals surface area contributed by atoms with E-state index in [2.05, 4.69) is 38.2 Å². The lowest BCUT2D eigenvalue weighted by Crippen LogP contribution is -2.82. The summed E-state index contributed by atoms with van der Waals surface area (Å²) in [5.74, 6) is 0.104. The number of carbonyl (C=O) groups is 1. The van der Waals surface area contributed by atoms with Crippen molar-refractivity contribution in [3.05, 3.63) is 35.4 Å². The standard InChI is InChI=1S/C20H30N2O2/c1-13-8-5-6-9-15(13)12-14(2)22-18(23)20(21)16-10-7-11-24-17(16)19(20,3)4/h5-6,8-9,14,16-17H,7,10-12,21H2,1-4H3,(H,22,23). The predicted octanol–water partition coefficient (Wildman–Crippen LogP) is 2.57. The van der Waals surface area contributed by atoms with Crippen LogP contribution in [0.1, 0.15) is 44.7 Å². The van der Waals surface area contributed by atoms with Gasteiger partial charge in [-0.2, -0.15) is 0 Å². The number of fused-ring (bicyclic) bond motifs is 1. The average Bonchev–Trinajstić information content (AvgIpc) is 2.56. The Morgan fingerprint density at radius 2 is 2.12 bits per heavy atom. The van der Waals surface area contributed by atoms with Gasteiger partial charge in [0.15, 0.2) is 0 Å². The fourth-order valence-corrected chi connectivity index (χ4v) is 4.60. The lowest BCUT2D eigenvalue weighted by Gasteiger charge is -2.65. The van der Waals surface area contributed by atoms with Crippen LogP contribution in [0.25, 0.3) is 0 Å². The van der Waals surface area contributed by atoms with Crippen molar-refractivity contribution in [2.24, 2.45) is 17.1 Å². The third kappa shape index (κ3) is 2.56. The van der Waals surface area contributed by atoms with Gasteiger partial charge >= 0.3 is 0 Å². The maximum absolute atomic E-state index is 13.0. The van der Waals surface area contributed by atoms with Gasteiger partial charge in [0.2, 0.25) is 5.91 Å². The van der Waals surface area contributed by atoms with Crippen molar-refractivity contribution >= 4 is 5.91 Å². The smallest absolute Gasteiger partial charge is 0.241 e. The molecule has 3 N–H and O–H groups in total. The number of hydrogen-bond acceptors (Lipinski definition) is 3. The maximum Gasteiger partial charge on any atom is 0.241 e. The number of carbonyl (C=O) groups excluding carboxylic acids is 1. The summed E-state index contributed by atoms with van der Waals surface area (Å²) in [6.45, 7) is 9.06. The highest BCUT2D eigenvalue weighted by Gasteiger charge is 2.70. The molecule has 1 heterocycles. The van der Waals surface area contributed by atoms with Gasteiger partial charge in [-0.05, 0) is 44.2 Å². The molecule has 24 heavy (non-hydrogen) atoms. The van der Waals surface area contributed by atoms with Crippen LogP contribution in [-0.4, -0.2) is 30.2 Å². The fourth-order valence-electron chi connectivity index (χ4n) is 4.60. The number of nitrogens with one attached hydrogen (secondary N) is 1. The molecule has 1 saturated carbocycles. The first-order chi connectivity index (χ1) is 11.3. The summed E-state index contributed by atoms with van der Waals surface area (Å²) < 4.78 is 5.89. The van der Waals surface area contributed by atoms with Crippen LogP contribution >= 0.6 is 0 Å². The van der Waals surface area contributed by atoms with Gasteiger partial charge in [0, 0.05) is 24.0 Å². The van der Waals surface area contributed by atoms with E-state index in [0.29, 0.717) is 0 Å². The van der Waals surface area contributed by atoms with Crippen LogP contribution in [0.2, 0.25) is 0 Å². The molecule has 1 amide bonds. The van der Waals surface area contributed by atoms with Gasteiger partial charge in [0.1, 0.15) is 5.54 Å². The predicted molar refractivity (Wildman–Crippen MR) is 95.7 cm³/mol. The molecule has 1 aromatic carbocycles. The summed E-state index contributed by atoms with van der Waals surface area (Å²) >= 11 is 0. The molecule has 0 spiro atoms. The molecule has 4 atom stereocenters. The Bertz CT molecular complexity index is 628. The average molecular weight is 330 g/mol. The molecule has 3 rings (SSSR count). The summed E-state index contributed by atoms with van der Waals surface area (Å²) in [5.41, 5.74) is 8.02. The van der Waals surface area contributed by atoms with Gasteiger partial charge in [-0.1, -0.05) is 38.1 Å². The molecule has 132 valence electrons. The molecule has 4 nitrogen and oxygen atoms in total. The van der Waals surface area contributed by atoms with Crippen LogP contribution in [0.15, 0.2) is 24.3 Å². The Labute approximate surface area is 145 Å². The van der Waals surface area contributed by atoms with E-state index in [1.54, 1.807) is 0 Å². The number of nitrogens with two attached hydrogens (primary N) is 1. The molecule has 1 aromatic rings. The third-order valence-corrected chi connectivity index (χ3v) is 6.23. The van der Waals surface area contributed by atoms with Gasteiger partial charge in [-0.15, -0.1) is 0 Å². The monoisotopic (exact) mass is 330 g/mol. The van der Waals surface area contributed by atoms with Crippen molar-refractivity contribution in [3.8, 4) is 0 Å². The fraction of sp³-hybridized carbons (Fsp3) is 0.650. The summed E-state index contributed by atoms with van der Waals surface area (Å²) in [4.78, 5) is 13.0. The maximum atomic E-state index is 13.0. The van der Waals surface area contributed by atoms with Gasteiger partial charge in [0.25, 0.3) is 0 Å². The molecule has 0 radical (unpaired) electrons. The zero-order valence-corrected chi connectivity index (χ0v) is 15.3. The molecule has 4 unspecified atom stereocenters. The minimum atomic E-state index is -0.835. The zero-order chi connectivity index (χ0) is 17.5. The molecule has 4 heteroatoms. The number of rotatable bonds is 4. The Balaban J connectivity index is 1.69. The van der Waals surface area contributed by atoms with E-state index in [1.165, 1.54) is 11.1 Å². The van der Waals surface area contributed by atoms with Gasteiger partial charge < -0.3 is 15.8 Å². The van der Waals surface area contributed by atoms with Crippen LogP contribution < -0.4 is 11.1 Å². The van der Waals surface area contributed by atoms with E-state index in [9.17, 15) is 4.79 Å². The van der Waals surface area contributed by atoms with E-state index in [4.69, 9.17) is 10.5 Å². The van der Waals surface area contributed by atoms with Crippen LogP contribution in [0.5, 0.6) is 0 Å². The molecule has 1 saturated heterocycles. The van der Waals surface area contributed by atoms with Gasteiger partial charge in [-0.25, -0.2) is 0 Å². The zero-order valence-electron chi connectivity index (χ0n) is 15.3. The van der Waals surface area contributed by atoms with Gasteiger partial charge in [0.05, 0.1) is 6.10 Å². The third-order valence-electron chi connectivity index (χ3n) is 6.23. The number of ether oxygens (including phenoxy) is 1. The molecule has 2 fully saturated rings. The molecule has 1 aliphatic carbocycles. The van der Waals surface area contributed by atoms with Crippen molar-refractivity contribution in [2.75, 3.05) is 6.61 Å². The molecule has 2 aliphatic rings. The van der Waals surface area contributed by atoms with Crippen LogP contribution in [0.3, 0.4) is 0 Å². The van der Waals surface area contributed by atoms with Gasteiger partial charge in [-0.3, -0.25) is 4.79 Å². The molecule has 0 aromatic heterocycles. The summed E-state index contributed by atoms with van der Waals surface area (Å²) in [6.07, 6.45) is 2.89. The number of benzene rings is 1. The summed E-state index contributed by atoms with van der Waals surface area (Å²) in [5, 5.41) is 3.17. The first kappa shape index (κ1) is 17.4. The Morgan fingerprint density at radius 1 is 1.42 bits per heavy atom. The minimum Gasteiger partial charge on any atom is -0.377 e. The highest BCUT2D eigenvalue weighted by molar-refractivity contribution is 5.89. The largest absolute Gasteiger partial charge is 0.377 e. The van der Waals surface area contributed by atoms with Crippen molar-refractivity contribution in [1.82, 2.24) is 5.32 Å². The molecule has 1 aliphatic heterocycles. The van der Waals surface area contributed by atoms with Crippen molar-refractivity contribution in [3.63, 3.8) is 0 Å². The van der Waals surface area contributed by atoms with Crippen molar-refractivity contribution in [1.29, 1.82) is 0 Å². The van der Waals surface area contributed by atoms with E-state index in [0.717, 1.165) is 25.9 Å². The van der Waals surface area contributed by atoms with E-state index >= 15 is 0 Å². The first-order valence-corrected chi connectivity index (χ1v) is 9.04. The Kier molecular flexibility index (Phi) is 4.47. The molecular weight excluding hydrogens is 300 g/mol. The minimum absolute atomic E-state index is 0.0275. The lowest BCUT2D eigenvalue weighted by atomic mass is 9.46. The van der Waals surface area contributed by atoms with Crippen molar-refractivity contribution < 1.29 is 9.53 Å². The highest BCUT2D eigenvalue weighted by atomic mass is 16.5. The van der Waals surface area contributed by atoms with E-state index in [1.807, 2.05) is 19.1 Å². The van der Waals surface area contributed by atoms with Crippen LogP contribution in [0, 0.1) is 18.3 Å². The molecule has 0 bridgehead atoms. The Hall–Kier alpha value is -1.39. The summed E-state index contributed by atoms with van der Waals surface area (Å²) in [7, 11) is 0. The topological polar surface area (TPSA) is 64.4 Å². The first-order valence-electron chi connectivity index (χ1n) is 9.04. The van der Waals surface area contributed by atoms with E-state index < -0.39 is 5.54 Å². The number of hydrogen-bond donors (Lipinski definition) is 2.